The normalized spacial score (nSPS) is 10.8. The molecule has 2 heterocycles. The molecule has 4 aromatic rings. The second-order valence-corrected chi connectivity index (χ2v) is 7.95. The summed E-state index contributed by atoms with van der Waals surface area (Å²) in [6.07, 6.45) is 0. The van der Waals surface area contributed by atoms with E-state index in [1.165, 1.54) is 0 Å². The van der Waals surface area contributed by atoms with Crippen LogP contribution in [0.15, 0.2) is 68.8 Å². The molecule has 0 bridgehead atoms. The molecule has 4 rings (SSSR count). The summed E-state index contributed by atoms with van der Waals surface area (Å²) in [6, 6.07) is 15.2. The minimum atomic E-state index is -0.429. The first-order valence-corrected chi connectivity index (χ1v) is 10.8. The summed E-state index contributed by atoms with van der Waals surface area (Å²) in [7, 11) is 0. The molecular formula is C21H17N3O3S2. The third-order valence-corrected chi connectivity index (χ3v) is 5.81. The number of ether oxygens (including phenoxy) is 1. The van der Waals surface area contributed by atoms with Crippen molar-refractivity contribution in [2.45, 2.75) is 24.2 Å². The number of rotatable bonds is 7. The zero-order chi connectivity index (χ0) is 20.1. The lowest BCUT2D eigenvalue weighted by Crippen LogP contribution is -2.07. The fraction of sp³-hybridized carbons (Fsp3) is 0.143. The maximum Gasteiger partial charge on any atom is 0.339 e. The second-order valence-electron chi connectivity index (χ2n) is 6.22. The van der Waals surface area contributed by atoms with Crippen LogP contribution in [0.2, 0.25) is 0 Å². The van der Waals surface area contributed by atoms with Crippen molar-refractivity contribution in [3.8, 4) is 11.4 Å². The van der Waals surface area contributed by atoms with Gasteiger partial charge in [-0.1, -0.05) is 47.1 Å². The number of aryl methyl sites for hydroxylation is 1. The van der Waals surface area contributed by atoms with Gasteiger partial charge in [0.25, 0.3) is 5.89 Å². The Hall–Kier alpha value is -2.97. The van der Waals surface area contributed by atoms with Gasteiger partial charge in [0.15, 0.2) is 6.61 Å². The highest BCUT2D eigenvalue weighted by Crippen LogP contribution is 2.27. The Balaban J connectivity index is 1.39. The fourth-order valence-electron chi connectivity index (χ4n) is 2.56. The molecule has 2 aromatic carbocycles. The monoisotopic (exact) mass is 423 g/mol. The van der Waals surface area contributed by atoms with Gasteiger partial charge in [0.2, 0.25) is 5.82 Å². The summed E-state index contributed by atoms with van der Waals surface area (Å²) in [5, 5.41) is 5.95. The van der Waals surface area contributed by atoms with Crippen LogP contribution >= 0.6 is 23.1 Å². The molecule has 0 atom stereocenters. The van der Waals surface area contributed by atoms with E-state index in [1.54, 1.807) is 34.7 Å². The summed E-state index contributed by atoms with van der Waals surface area (Å²) in [4.78, 5) is 22.0. The molecule has 2 aromatic heterocycles. The quantitative estimate of drug-likeness (QED) is 0.300. The predicted octanol–water partition coefficient (Wildman–Crippen LogP) is 5.15. The van der Waals surface area contributed by atoms with E-state index in [0.717, 1.165) is 21.7 Å². The summed E-state index contributed by atoms with van der Waals surface area (Å²) >= 11 is 3.10. The van der Waals surface area contributed by atoms with E-state index in [2.05, 4.69) is 15.1 Å². The van der Waals surface area contributed by atoms with Crippen molar-refractivity contribution in [3.05, 3.63) is 82.1 Å². The number of thiazole rings is 1. The first kappa shape index (κ1) is 19.4. The molecule has 146 valence electrons. The average Bonchev–Trinajstić information content (AvgIpc) is 3.43. The van der Waals surface area contributed by atoms with Gasteiger partial charge >= 0.3 is 5.97 Å². The Kier molecular flexibility index (Phi) is 6.02. The van der Waals surface area contributed by atoms with Gasteiger partial charge in [0.1, 0.15) is 0 Å². The lowest BCUT2D eigenvalue weighted by molar-refractivity contribution is 0.0425. The van der Waals surface area contributed by atoms with Crippen LogP contribution in [-0.4, -0.2) is 21.1 Å². The van der Waals surface area contributed by atoms with Crippen molar-refractivity contribution < 1.29 is 14.1 Å². The summed E-state index contributed by atoms with van der Waals surface area (Å²) in [5.41, 5.74) is 5.28. The molecule has 8 heteroatoms. The largest absolute Gasteiger partial charge is 0.452 e. The van der Waals surface area contributed by atoms with Crippen molar-refractivity contribution in [2.75, 3.05) is 0 Å². The molecule has 0 spiro atoms. The predicted molar refractivity (Wildman–Crippen MR) is 112 cm³/mol. The van der Waals surface area contributed by atoms with Gasteiger partial charge in [0, 0.05) is 21.6 Å². The van der Waals surface area contributed by atoms with Crippen LogP contribution in [-0.2, 0) is 17.1 Å². The van der Waals surface area contributed by atoms with E-state index in [4.69, 9.17) is 9.26 Å². The van der Waals surface area contributed by atoms with Gasteiger partial charge in [-0.15, -0.1) is 23.1 Å². The zero-order valence-electron chi connectivity index (χ0n) is 15.6. The Labute approximate surface area is 176 Å². The number of carbonyl (C=O) groups excluding carboxylic acids is 1. The van der Waals surface area contributed by atoms with Crippen molar-refractivity contribution >= 4 is 29.1 Å². The van der Waals surface area contributed by atoms with Crippen LogP contribution in [0, 0.1) is 6.92 Å². The number of thioether (sulfide) groups is 1. The van der Waals surface area contributed by atoms with E-state index < -0.39 is 5.97 Å². The Bertz CT molecular complexity index is 1090. The number of aromatic nitrogens is 3. The molecule has 29 heavy (non-hydrogen) atoms. The van der Waals surface area contributed by atoms with Crippen LogP contribution < -0.4 is 0 Å². The third-order valence-electron chi connectivity index (χ3n) is 4.07. The highest BCUT2D eigenvalue weighted by molar-refractivity contribution is 7.98. The van der Waals surface area contributed by atoms with Gasteiger partial charge in [-0.05, 0) is 19.1 Å². The molecule has 0 saturated carbocycles. The number of esters is 1. The van der Waals surface area contributed by atoms with Crippen LogP contribution in [0.5, 0.6) is 0 Å². The number of benzene rings is 2. The smallest absolute Gasteiger partial charge is 0.339 e. The minimum absolute atomic E-state index is 0.0806. The van der Waals surface area contributed by atoms with E-state index >= 15 is 0 Å². The fourth-order valence-corrected chi connectivity index (χ4v) is 4.17. The van der Waals surface area contributed by atoms with Gasteiger partial charge in [0.05, 0.1) is 16.8 Å². The van der Waals surface area contributed by atoms with Crippen LogP contribution in [0.4, 0.5) is 0 Å². The molecular weight excluding hydrogens is 406 g/mol. The number of hydrogen-bond donors (Lipinski definition) is 0. The first-order chi connectivity index (χ1) is 14.2. The highest BCUT2D eigenvalue weighted by atomic mass is 32.2. The molecule has 0 aliphatic rings. The Morgan fingerprint density at radius 3 is 2.79 bits per heavy atom. The number of hydrogen-bond acceptors (Lipinski definition) is 8. The van der Waals surface area contributed by atoms with Gasteiger partial charge < -0.3 is 9.26 Å². The number of nitrogens with zero attached hydrogens (tertiary/aromatic N) is 3. The first-order valence-electron chi connectivity index (χ1n) is 8.84. The molecule has 6 nitrogen and oxygen atoms in total. The molecule has 0 radical (unpaired) electrons. The van der Waals surface area contributed by atoms with Crippen molar-refractivity contribution in [2.24, 2.45) is 0 Å². The van der Waals surface area contributed by atoms with E-state index in [1.807, 2.05) is 54.8 Å². The number of carbonyl (C=O) groups is 1. The van der Waals surface area contributed by atoms with Crippen LogP contribution in [0.25, 0.3) is 11.4 Å². The van der Waals surface area contributed by atoms with Crippen molar-refractivity contribution in [1.82, 2.24) is 15.1 Å². The minimum Gasteiger partial charge on any atom is -0.452 e. The van der Waals surface area contributed by atoms with Crippen LogP contribution in [0.1, 0.15) is 27.5 Å². The maximum absolute atomic E-state index is 12.6. The Morgan fingerprint density at radius 1 is 1.17 bits per heavy atom. The third kappa shape index (κ3) is 4.90. The molecule has 0 aliphatic carbocycles. The van der Waals surface area contributed by atoms with Crippen molar-refractivity contribution in [3.63, 3.8) is 0 Å². The van der Waals surface area contributed by atoms with Crippen LogP contribution in [0.3, 0.4) is 0 Å². The molecule has 0 aliphatic heterocycles. The van der Waals surface area contributed by atoms with E-state index in [0.29, 0.717) is 17.1 Å². The van der Waals surface area contributed by atoms with E-state index in [-0.39, 0.29) is 12.5 Å². The lowest BCUT2D eigenvalue weighted by Gasteiger charge is -2.07. The zero-order valence-corrected chi connectivity index (χ0v) is 17.2. The van der Waals surface area contributed by atoms with Gasteiger partial charge in [-0.2, -0.15) is 4.98 Å². The highest BCUT2D eigenvalue weighted by Gasteiger charge is 2.16. The van der Waals surface area contributed by atoms with Gasteiger partial charge in [-0.25, -0.2) is 9.78 Å². The molecule has 0 unspecified atom stereocenters. The molecule has 0 fully saturated rings. The maximum atomic E-state index is 12.6. The average molecular weight is 424 g/mol. The molecule has 0 N–H and O–H groups in total. The second kappa shape index (κ2) is 9.02. The molecule has 0 saturated heterocycles. The topological polar surface area (TPSA) is 78.1 Å². The van der Waals surface area contributed by atoms with Crippen molar-refractivity contribution in [1.29, 1.82) is 0 Å². The lowest BCUT2D eigenvalue weighted by atomic mass is 10.1. The standard InChI is InChI=1S/C21H17N3O3S2/c1-14-6-8-15(9-7-14)20-23-19(27-24-20)10-26-21(25)17-4-2-3-5-18(17)29-12-16-11-28-13-22-16/h2-9,11,13H,10,12H2,1H3. The molecule has 0 amide bonds. The van der Waals surface area contributed by atoms with E-state index in [9.17, 15) is 4.79 Å². The summed E-state index contributed by atoms with van der Waals surface area (Å²) in [6.45, 7) is 1.93. The summed E-state index contributed by atoms with van der Waals surface area (Å²) < 4.78 is 10.6. The Morgan fingerprint density at radius 2 is 2.00 bits per heavy atom. The summed E-state index contributed by atoms with van der Waals surface area (Å²) in [5.74, 6) is 0.982. The van der Waals surface area contributed by atoms with Gasteiger partial charge in [-0.3, -0.25) is 0 Å². The SMILES string of the molecule is Cc1ccc(-c2noc(COC(=O)c3ccccc3SCc3cscn3)n2)cc1.